The number of aromatic hydroxyl groups is 2. The van der Waals surface area contributed by atoms with E-state index in [1.807, 2.05) is 0 Å². The van der Waals surface area contributed by atoms with Crippen molar-refractivity contribution in [1.82, 2.24) is 0 Å². The minimum atomic E-state index is -0.157. The Kier molecular flexibility index (Phi) is 4.36. The molecule has 0 saturated heterocycles. The van der Waals surface area contributed by atoms with Crippen molar-refractivity contribution in [2.24, 2.45) is 0 Å². The number of hydrogen-bond donors (Lipinski definition) is 2. The lowest BCUT2D eigenvalue weighted by Crippen LogP contribution is -1.93. The Balaban J connectivity index is 2.52. The van der Waals surface area contributed by atoms with E-state index in [0.717, 1.165) is 0 Å². The van der Waals surface area contributed by atoms with Crippen molar-refractivity contribution in [3.8, 4) is 11.5 Å². The summed E-state index contributed by atoms with van der Waals surface area (Å²) in [6.45, 7) is 0. The molecule has 0 aliphatic heterocycles. The molecule has 100 valence electrons. The van der Waals surface area contributed by atoms with Crippen LogP contribution < -0.4 is 0 Å². The van der Waals surface area contributed by atoms with Gasteiger partial charge in [-0.3, -0.25) is 0 Å². The molecule has 2 N–H and O–H groups in total. The Morgan fingerprint density at radius 3 is 2.26 bits per heavy atom. The van der Waals surface area contributed by atoms with Crippen molar-refractivity contribution >= 4 is 46.4 Å². The summed E-state index contributed by atoms with van der Waals surface area (Å²) in [4.78, 5) is 0. The molecule has 19 heavy (non-hydrogen) atoms. The lowest BCUT2D eigenvalue weighted by Gasteiger charge is -2.11. The van der Waals surface area contributed by atoms with Crippen LogP contribution in [-0.2, 0) is 6.42 Å². The molecule has 6 heteroatoms. The number of phenolic OH excluding ortho intramolecular Hbond substituents is 2. The zero-order valence-corrected chi connectivity index (χ0v) is 12.4. The van der Waals surface area contributed by atoms with Gasteiger partial charge in [-0.05, 0) is 29.8 Å². The van der Waals surface area contributed by atoms with Crippen molar-refractivity contribution in [3.05, 3.63) is 55.5 Å². The Labute approximate surface area is 130 Å². The summed E-state index contributed by atoms with van der Waals surface area (Å²) in [5.74, 6) is -0.105. The van der Waals surface area contributed by atoms with Crippen LogP contribution in [-0.4, -0.2) is 10.2 Å². The fourth-order valence-corrected chi connectivity index (χ4v) is 2.59. The molecule has 2 rings (SSSR count). The third-order valence-electron chi connectivity index (χ3n) is 2.65. The van der Waals surface area contributed by atoms with Crippen molar-refractivity contribution in [2.75, 3.05) is 0 Å². The maximum Gasteiger partial charge on any atom is 0.139 e. The normalized spacial score (nSPS) is 10.7. The van der Waals surface area contributed by atoms with Crippen LogP contribution in [0.2, 0.25) is 20.1 Å². The third-order valence-corrected chi connectivity index (χ3v) is 4.00. The van der Waals surface area contributed by atoms with Gasteiger partial charge in [-0.2, -0.15) is 0 Å². The first kappa shape index (κ1) is 14.6. The van der Waals surface area contributed by atoms with Gasteiger partial charge >= 0.3 is 0 Å². The number of rotatable bonds is 2. The van der Waals surface area contributed by atoms with Crippen LogP contribution in [0, 0.1) is 0 Å². The van der Waals surface area contributed by atoms with E-state index in [0.29, 0.717) is 16.1 Å². The molecule has 2 aromatic carbocycles. The zero-order valence-electron chi connectivity index (χ0n) is 9.42. The van der Waals surface area contributed by atoms with Crippen LogP contribution in [0.3, 0.4) is 0 Å². The Hall–Kier alpha value is -0.800. The van der Waals surface area contributed by atoms with Crippen LogP contribution >= 0.6 is 46.4 Å². The zero-order chi connectivity index (χ0) is 14.2. The molecule has 0 aliphatic rings. The number of hydrogen-bond acceptors (Lipinski definition) is 2. The molecule has 0 radical (unpaired) electrons. The molecule has 0 heterocycles. The SMILES string of the molecule is Oc1ccc(Cl)cc1Cc1c(O)c(Cl)cc(Cl)c1Cl. The first-order chi connectivity index (χ1) is 8.90. The summed E-state index contributed by atoms with van der Waals surface area (Å²) in [7, 11) is 0. The van der Waals surface area contributed by atoms with E-state index in [-0.39, 0.29) is 33.0 Å². The second kappa shape index (κ2) is 5.68. The molecule has 2 aromatic rings. The molecule has 2 nitrogen and oxygen atoms in total. The van der Waals surface area contributed by atoms with Gasteiger partial charge in [0.1, 0.15) is 11.5 Å². The van der Waals surface area contributed by atoms with Gasteiger partial charge in [-0.1, -0.05) is 46.4 Å². The van der Waals surface area contributed by atoms with Gasteiger partial charge in [-0.15, -0.1) is 0 Å². The Morgan fingerprint density at radius 2 is 1.58 bits per heavy atom. The second-order valence-electron chi connectivity index (χ2n) is 3.93. The summed E-state index contributed by atoms with van der Waals surface area (Å²) in [6.07, 6.45) is 0.164. The molecule has 0 aromatic heterocycles. The largest absolute Gasteiger partial charge is 0.508 e. The van der Waals surface area contributed by atoms with Gasteiger partial charge in [0, 0.05) is 17.0 Å². The van der Waals surface area contributed by atoms with Gasteiger partial charge in [0.2, 0.25) is 0 Å². The molecule has 0 aliphatic carbocycles. The van der Waals surface area contributed by atoms with Crippen LogP contribution in [0.1, 0.15) is 11.1 Å². The van der Waals surface area contributed by atoms with Crippen molar-refractivity contribution in [2.45, 2.75) is 6.42 Å². The predicted octanol–water partition coefficient (Wildman–Crippen LogP) is 5.30. The smallest absolute Gasteiger partial charge is 0.139 e. The summed E-state index contributed by atoms with van der Waals surface area (Å²) >= 11 is 23.7. The summed E-state index contributed by atoms with van der Waals surface area (Å²) in [6, 6.07) is 5.98. The van der Waals surface area contributed by atoms with Crippen LogP contribution in [0.5, 0.6) is 11.5 Å². The molecule has 0 saturated carbocycles. The van der Waals surface area contributed by atoms with Gasteiger partial charge in [0.25, 0.3) is 0 Å². The summed E-state index contributed by atoms with van der Waals surface area (Å²) in [5, 5.41) is 20.7. The van der Waals surface area contributed by atoms with Gasteiger partial charge in [0.15, 0.2) is 0 Å². The van der Waals surface area contributed by atoms with Crippen molar-refractivity contribution in [1.29, 1.82) is 0 Å². The van der Waals surface area contributed by atoms with Gasteiger partial charge in [-0.25, -0.2) is 0 Å². The van der Waals surface area contributed by atoms with Crippen molar-refractivity contribution in [3.63, 3.8) is 0 Å². The summed E-state index contributed by atoms with van der Waals surface area (Å²) in [5.41, 5.74) is 0.861. The molecular weight excluding hydrogens is 330 g/mol. The van der Waals surface area contributed by atoms with Crippen LogP contribution in [0.4, 0.5) is 0 Å². The standard InChI is InChI=1S/C13H8Cl4O2/c14-7-1-2-11(18)6(3-7)4-8-12(17)9(15)5-10(16)13(8)19/h1-3,5,18-19H,4H2. The average Bonchev–Trinajstić information content (AvgIpc) is 2.36. The fraction of sp³-hybridized carbons (Fsp3) is 0.0769. The minimum Gasteiger partial charge on any atom is -0.508 e. The van der Waals surface area contributed by atoms with E-state index in [4.69, 9.17) is 46.4 Å². The Morgan fingerprint density at radius 1 is 0.895 bits per heavy atom. The molecule has 0 amide bonds. The highest BCUT2D eigenvalue weighted by molar-refractivity contribution is 6.44. The van der Waals surface area contributed by atoms with E-state index >= 15 is 0 Å². The third kappa shape index (κ3) is 3.03. The van der Waals surface area contributed by atoms with Crippen LogP contribution in [0.25, 0.3) is 0 Å². The lowest BCUT2D eigenvalue weighted by atomic mass is 10.0. The van der Waals surface area contributed by atoms with Gasteiger partial charge in [0.05, 0.1) is 15.1 Å². The molecule has 0 bridgehead atoms. The number of halogens is 4. The first-order valence-electron chi connectivity index (χ1n) is 5.23. The minimum absolute atomic E-state index is 0.0518. The number of phenols is 2. The van der Waals surface area contributed by atoms with E-state index in [1.165, 1.54) is 12.1 Å². The maximum absolute atomic E-state index is 9.93. The van der Waals surface area contributed by atoms with E-state index < -0.39 is 0 Å². The number of benzene rings is 2. The lowest BCUT2D eigenvalue weighted by molar-refractivity contribution is 0.463. The fourth-order valence-electron chi connectivity index (χ4n) is 1.68. The average molecular weight is 338 g/mol. The Bertz CT molecular complexity index is 615. The topological polar surface area (TPSA) is 40.5 Å². The highest BCUT2D eigenvalue weighted by Crippen LogP contribution is 2.40. The van der Waals surface area contributed by atoms with E-state index in [2.05, 4.69) is 0 Å². The van der Waals surface area contributed by atoms with E-state index in [9.17, 15) is 10.2 Å². The van der Waals surface area contributed by atoms with Crippen molar-refractivity contribution < 1.29 is 10.2 Å². The highest BCUT2D eigenvalue weighted by Gasteiger charge is 2.16. The molecular formula is C13H8Cl4O2. The van der Waals surface area contributed by atoms with E-state index in [1.54, 1.807) is 12.1 Å². The highest BCUT2D eigenvalue weighted by atomic mass is 35.5. The summed E-state index contributed by atoms with van der Waals surface area (Å²) < 4.78 is 0. The molecule has 0 unspecified atom stereocenters. The second-order valence-corrected chi connectivity index (χ2v) is 5.56. The maximum atomic E-state index is 9.93. The molecule has 0 spiro atoms. The van der Waals surface area contributed by atoms with Gasteiger partial charge < -0.3 is 10.2 Å². The first-order valence-corrected chi connectivity index (χ1v) is 6.74. The van der Waals surface area contributed by atoms with Crippen LogP contribution in [0.15, 0.2) is 24.3 Å². The molecule has 0 fully saturated rings. The molecule has 0 atom stereocenters. The quantitative estimate of drug-likeness (QED) is 0.730. The monoisotopic (exact) mass is 336 g/mol. The predicted molar refractivity (Wildman–Crippen MR) is 79.1 cm³/mol.